The fraction of sp³-hybridized carbons (Fsp3) is 0.393. The second kappa shape index (κ2) is 11.1. The molecule has 10 nitrogen and oxygen atoms in total. The highest BCUT2D eigenvalue weighted by molar-refractivity contribution is 5.94. The molecule has 10 heteroatoms. The smallest absolute Gasteiger partial charge is 0.319 e. The predicted octanol–water partition coefficient (Wildman–Crippen LogP) is 2.29. The summed E-state index contributed by atoms with van der Waals surface area (Å²) in [5.41, 5.74) is 2.97. The standard InChI is InChI=1S/C28H31N7O3/c1-19-3-4-20(15-28(2,18-29)34-26(36)21-5-7-30-8-6-21)13-23(19)24-14-25(35-9-11-37-12-10-35)33-27(32-24)38-22-16-31-17-22/h3-8,13-14,22,31H,9-12,15-17H2,1-2H3,(H,34,36). The van der Waals surface area contributed by atoms with Crippen LogP contribution in [0, 0.1) is 18.3 Å². The first-order chi connectivity index (χ1) is 18.4. The maximum atomic E-state index is 12.8. The van der Waals surface area contributed by atoms with Gasteiger partial charge in [0.25, 0.3) is 5.91 Å². The Morgan fingerprint density at radius 2 is 1.97 bits per heavy atom. The quantitative estimate of drug-likeness (QED) is 0.467. The van der Waals surface area contributed by atoms with Crippen LogP contribution in [0.25, 0.3) is 11.3 Å². The van der Waals surface area contributed by atoms with Crippen molar-refractivity contribution in [2.24, 2.45) is 0 Å². The molecular formula is C28H31N7O3. The van der Waals surface area contributed by atoms with Gasteiger partial charge in [-0.2, -0.15) is 15.2 Å². The van der Waals surface area contributed by atoms with Crippen LogP contribution in [0.5, 0.6) is 6.01 Å². The van der Waals surface area contributed by atoms with E-state index in [4.69, 9.17) is 19.4 Å². The Morgan fingerprint density at radius 1 is 1.21 bits per heavy atom. The van der Waals surface area contributed by atoms with E-state index in [1.54, 1.807) is 31.5 Å². The number of amides is 1. The van der Waals surface area contributed by atoms with Gasteiger partial charge in [0.05, 0.1) is 25.0 Å². The van der Waals surface area contributed by atoms with Crippen LogP contribution in [0.1, 0.15) is 28.4 Å². The number of hydrogen-bond acceptors (Lipinski definition) is 9. The molecule has 0 radical (unpaired) electrons. The number of ether oxygens (including phenoxy) is 2. The van der Waals surface area contributed by atoms with E-state index in [9.17, 15) is 10.1 Å². The summed E-state index contributed by atoms with van der Waals surface area (Å²) in [5.74, 6) is 0.485. The molecule has 4 heterocycles. The average Bonchev–Trinajstić information content (AvgIpc) is 2.92. The van der Waals surface area contributed by atoms with Gasteiger partial charge in [-0.3, -0.25) is 9.78 Å². The SMILES string of the molecule is Cc1ccc(CC(C)(C#N)NC(=O)c2ccncc2)cc1-c1cc(N2CCOCC2)nc(OC2CNC2)n1. The van der Waals surface area contributed by atoms with E-state index in [2.05, 4.69) is 26.6 Å². The van der Waals surface area contributed by atoms with Crippen molar-refractivity contribution in [2.75, 3.05) is 44.3 Å². The third-order valence-corrected chi connectivity index (χ3v) is 6.76. The molecule has 2 aromatic heterocycles. The highest BCUT2D eigenvalue weighted by Gasteiger charge is 2.28. The molecule has 38 heavy (non-hydrogen) atoms. The molecule has 0 aliphatic carbocycles. The van der Waals surface area contributed by atoms with Crippen molar-refractivity contribution in [3.8, 4) is 23.3 Å². The van der Waals surface area contributed by atoms with Crippen molar-refractivity contribution in [3.05, 3.63) is 65.5 Å². The molecule has 5 rings (SSSR count). The number of nitrogens with one attached hydrogen (secondary N) is 2. The molecule has 1 aromatic carbocycles. The van der Waals surface area contributed by atoms with Crippen molar-refractivity contribution >= 4 is 11.7 Å². The maximum Gasteiger partial charge on any atom is 0.319 e. The van der Waals surface area contributed by atoms with Gasteiger partial charge in [-0.05, 0) is 43.2 Å². The fourth-order valence-electron chi connectivity index (χ4n) is 4.45. The van der Waals surface area contributed by atoms with Gasteiger partial charge in [0, 0.05) is 62.2 Å². The van der Waals surface area contributed by atoms with Gasteiger partial charge in [-0.1, -0.05) is 12.1 Å². The summed E-state index contributed by atoms with van der Waals surface area (Å²) >= 11 is 0. The monoisotopic (exact) mass is 513 g/mol. The normalized spacial score (nSPS) is 17.1. The van der Waals surface area contributed by atoms with Crippen molar-refractivity contribution < 1.29 is 14.3 Å². The van der Waals surface area contributed by atoms with E-state index in [1.807, 2.05) is 31.2 Å². The Hall–Kier alpha value is -4.07. The Labute approximate surface area is 222 Å². The van der Waals surface area contributed by atoms with Crippen molar-refractivity contribution in [3.63, 3.8) is 0 Å². The third-order valence-electron chi connectivity index (χ3n) is 6.76. The second-order valence-corrected chi connectivity index (χ2v) is 9.85. The molecule has 0 saturated carbocycles. The minimum atomic E-state index is -1.11. The van der Waals surface area contributed by atoms with Crippen LogP contribution in [-0.2, 0) is 11.2 Å². The van der Waals surface area contributed by atoms with Crippen LogP contribution in [0.4, 0.5) is 5.82 Å². The number of rotatable bonds is 8. The summed E-state index contributed by atoms with van der Waals surface area (Å²) in [4.78, 5) is 28.4. The molecule has 2 N–H and O–H groups in total. The molecule has 0 bridgehead atoms. The number of anilines is 1. The number of benzene rings is 1. The van der Waals surface area contributed by atoms with Crippen molar-refractivity contribution in [1.82, 2.24) is 25.6 Å². The molecule has 2 aliphatic rings. The van der Waals surface area contributed by atoms with Crippen LogP contribution in [-0.4, -0.2) is 71.9 Å². The Kier molecular flexibility index (Phi) is 7.49. The summed E-state index contributed by atoms with van der Waals surface area (Å²) in [6, 6.07) is 13.9. The molecule has 2 saturated heterocycles. The van der Waals surface area contributed by atoms with Crippen molar-refractivity contribution in [2.45, 2.75) is 31.9 Å². The lowest BCUT2D eigenvalue weighted by Crippen LogP contribution is -2.50. The number of aromatic nitrogens is 3. The van der Waals surface area contributed by atoms with Gasteiger partial charge in [0.15, 0.2) is 0 Å². The molecule has 1 atom stereocenters. The van der Waals surface area contributed by atoms with Gasteiger partial charge in [0.2, 0.25) is 0 Å². The average molecular weight is 514 g/mol. The predicted molar refractivity (Wildman–Crippen MR) is 142 cm³/mol. The van der Waals surface area contributed by atoms with Crippen LogP contribution in [0.2, 0.25) is 0 Å². The highest BCUT2D eigenvalue weighted by Crippen LogP contribution is 2.30. The van der Waals surface area contributed by atoms with Crippen LogP contribution in [0.3, 0.4) is 0 Å². The van der Waals surface area contributed by atoms with Crippen LogP contribution >= 0.6 is 0 Å². The largest absolute Gasteiger partial charge is 0.457 e. The van der Waals surface area contributed by atoms with E-state index in [0.29, 0.717) is 31.2 Å². The zero-order valence-corrected chi connectivity index (χ0v) is 21.6. The van der Waals surface area contributed by atoms with Crippen molar-refractivity contribution in [1.29, 1.82) is 5.26 Å². The van der Waals surface area contributed by atoms with Gasteiger partial charge >= 0.3 is 6.01 Å². The molecule has 1 unspecified atom stereocenters. The molecule has 1 amide bonds. The summed E-state index contributed by atoms with van der Waals surface area (Å²) in [6.45, 7) is 8.09. The minimum absolute atomic E-state index is 0.0514. The van der Waals surface area contributed by atoms with Gasteiger partial charge in [-0.15, -0.1) is 0 Å². The number of pyridine rings is 1. The summed E-state index contributed by atoms with van der Waals surface area (Å²) < 4.78 is 11.6. The number of carbonyl (C=O) groups excluding carboxylic acids is 1. The second-order valence-electron chi connectivity index (χ2n) is 9.85. The first kappa shape index (κ1) is 25.6. The molecule has 2 fully saturated rings. The van der Waals surface area contributed by atoms with E-state index in [0.717, 1.165) is 54.4 Å². The Balaban J connectivity index is 1.43. The number of aryl methyl sites for hydroxylation is 1. The Bertz CT molecular complexity index is 1330. The highest BCUT2D eigenvalue weighted by atomic mass is 16.5. The first-order valence-electron chi connectivity index (χ1n) is 12.8. The van der Waals surface area contributed by atoms with E-state index in [1.165, 1.54) is 0 Å². The summed E-state index contributed by atoms with van der Waals surface area (Å²) in [5, 5.41) is 16.1. The number of nitriles is 1. The zero-order chi connectivity index (χ0) is 26.5. The third kappa shape index (κ3) is 5.90. The molecular weight excluding hydrogens is 482 g/mol. The first-order valence-corrected chi connectivity index (χ1v) is 12.8. The zero-order valence-electron chi connectivity index (χ0n) is 21.6. The van der Waals surface area contributed by atoms with Crippen LogP contribution < -0.4 is 20.3 Å². The van der Waals surface area contributed by atoms with Gasteiger partial charge in [-0.25, -0.2) is 0 Å². The molecule has 196 valence electrons. The van der Waals surface area contributed by atoms with Gasteiger partial charge in [0.1, 0.15) is 17.5 Å². The lowest BCUT2D eigenvalue weighted by molar-refractivity contribution is 0.0924. The molecule has 2 aliphatic heterocycles. The fourth-order valence-corrected chi connectivity index (χ4v) is 4.45. The number of morpholine rings is 1. The van der Waals surface area contributed by atoms with Crippen LogP contribution in [0.15, 0.2) is 48.8 Å². The van der Waals surface area contributed by atoms with E-state index < -0.39 is 5.54 Å². The van der Waals surface area contributed by atoms with E-state index >= 15 is 0 Å². The lowest BCUT2D eigenvalue weighted by atomic mass is 9.91. The Morgan fingerprint density at radius 3 is 2.66 bits per heavy atom. The number of hydrogen-bond donors (Lipinski definition) is 2. The van der Waals surface area contributed by atoms with E-state index in [-0.39, 0.29) is 12.0 Å². The maximum absolute atomic E-state index is 12.8. The lowest BCUT2D eigenvalue weighted by Gasteiger charge is -2.30. The topological polar surface area (TPSA) is 125 Å². The summed E-state index contributed by atoms with van der Waals surface area (Å²) in [7, 11) is 0. The molecule has 0 spiro atoms. The minimum Gasteiger partial charge on any atom is -0.457 e. The summed E-state index contributed by atoms with van der Waals surface area (Å²) in [6.07, 6.45) is 3.48. The number of carbonyl (C=O) groups is 1. The molecule has 3 aromatic rings. The number of nitrogens with zero attached hydrogens (tertiary/aromatic N) is 5. The van der Waals surface area contributed by atoms with Gasteiger partial charge < -0.3 is 25.0 Å².